The average Bonchev–Trinajstić information content (AvgIpc) is 2.79. The van der Waals surface area contributed by atoms with E-state index in [1.165, 1.54) is 35.2 Å². The fourth-order valence-corrected chi connectivity index (χ4v) is 4.06. The zero-order valence-corrected chi connectivity index (χ0v) is 17.7. The second kappa shape index (κ2) is 8.57. The number of hydrogen-bond donors (Lipinski definition) is 1. The molecule has 3 aromatic rings. The van der Waals surface area contributed by atoms with Crippen molar-refractivity contribution in [3.8, 4) is 0 Å². The van der Waals surface area contributed by atoms with Gasteiger partial charge in [0.2, 0.25) is 0 Å². The number of carbonyl (C=O) groups is 1. The zero-order chi connectivity index (χ0) is 21.1. The Labute approximate surface area is 177 Å². The van der Waals surface area contributed by atoms with Crippen LogP contribution < -0.4 is 10.2 Å². The van der Waals surface area contributed by atoms with Crippen LogP contribution >= 0.6 is 0 Å². The lowest BCUT2D eigenvalue weighted by molar-refractivity contribution is 0.0601. The summed E-state index contributed by atoms with van der Waals surface area (Å²) >= 11 is 0. The van der Waals surface area contributed by atoms with E-state index in [1.807, 2.05) is 0 Å². The summed E-state index contributed by atoms with van der Waals surface area (Å²) in [5.41, 5.74) is 7.45. The number of rotatable bonds is 5. The fraction of sp³-hybridized carbons (Fsp3) is 0.280. The van der Waals surface area contributed by atoms with Crippen LogP contribution in [0.3, 0.4) is 0 Å². The Morgan fingerprint density at radius 2 is 1.90 bits per heavy atom. The highest BCUT2D eigenvalue weighted by molar-refractivity contribution is 5.95. The van der Waals surface area contributed by atoms with Crippen LogP contribution in [0.25, 0.3) is 0 Å². The third-order valence-corrected chi connectivity index (χ3v) is 5.81. The van der Waals surface area contributed by atoms with Crippen LogP contribution in [0.15, 0.2) is 60.9 Å². The molecule has 1 aliphatic rings. The number of fused-ring (bicyclic) bond motifs is 1. The molecule has 0 amide bonds. The molecule has 1 aliphatic carbocycles. The molecule has 4 rings (SSSR count). The molecule has 30 heavy (non-hydrogen) atoms. The van der Waals surface area contributed by atoms with E-state index >= 15 is 0 Å². The Kier molecular flexibility index (Phi) is 5.70. The molecule has 5 heteroatoms. The summed E-state index contributed by atoms with van der Waals surface area (Å²) in [6.07, 6.45) is 6.46. The van der Waals surface area contributed by atoms with Crippen LogP contribution in [0.4, 0.5) is 17.1 Å². The van der Waals surface area contributed by atoms with Crippen molar-refractivity contribution in [1.82, 2.24) is 4.98 Å². The van der Waals surface area contributed by atoms with Crippen LogP contribution in [0.1, 0.15) is 45.9 Å². The van der Waals surface area contributed by atoms with Crippen LogP contribution in [0.2, 0.25) is 0 Å². The molecule has 1 aromatic heterocycles. The minimum Gasteiger partial charge on any atom is -0.465 e. The third-order valence-electron chi connectivity index (χ3n) is 5.81. The highest BCUT2D eigenvalue weighted by Crippen LogP contribution is 2.36. The SMILES string of the molecule is COC(=O)c1ccncc1N[C@@H]1CCCc2cc(N(C)c3ccc(C)cc3)ccc21. The number of esters is 1. The molecule has 0 aliphatic heterocycles. The largest absolute Gasteiger partial charge is 0.465 e. The minimum absolute atomic E-state index is 0.139. The average molecular weight is 402 g/mol. The molecule has 1 atom stereocenters. The molecule has 0 spiro atoms. The molecule has 0 saturated carbocycles. The first-order valence-electron chi connectivity index (χ1n) is 10.3. The summed E-state index contributed by atoms with van der Waals surface area (Å²) in [4.78, 5) is 18.5. The zero-order valence-electron chi connectivity index (χ0n) is 17.7. The summed E-state index contributed by atoms with van der Waals surface area (Å²) < 4.78 is 4.91. The Hall–Kier alpha value is -3.34. The predicted molar refractivity (Wildman–Crippen MR) is 121 cm³/mol. The number of carbonyl (C=O) groups excluding carboxylic acids is 1. The van der Waals surface area contributed by atoms with Crippen molar-refractivity contribution in [2.45, 2.75) is 32.2 Å². The number of pyridine rings is 1. The number of nitrogens with one attached hydrogen (secondary N) is 1. The van der Waals surface area contributed by atoms with Gasteiger partial charge in [0.15, 0.2) is 0 Å². The lowest BCUT2D eigenvalue weighted by Crippen LogP contribution is -2.20. The van der Waals surface area contributed by atoms with Crippen LogP contribution in [0, 0.1) is 6.92 Å². The second-order valence-corrected chi connectivity index (χ2v) is 7.78. The minimum atomic E-state index is -0.356. The fourth-order valence-electron chi connectivity index (χ4n) is 4.06. The van der Waals surface area contributed by atoms with Gasteiger partial charge in [-0.1, -0.05) is 23.8 Å². The smallest absolute Gasteiger partial charge is 0.340 e. The van der Waals surface area contributed by atoms with Gasteiger partial charge in [0.1, 0.15) is 0 Å². The van der Waals surface area contributed by atoms with Gasteiger partial charge >= 0.3 is 5.97 Å². The number of aromatic nitrogens is 1. The van der Waals surface area contributed by atoms with Gasteiger partial charge < -0.3 is 15.0 Å². The van der Waals surface area contributed by atoms with Crippen molar-refractivity contribution >= 4 is 23.0 Å². The summed E-state index contributed by atoms with van der Waals surface area (Å²) in [7, 11) is 3.50. The number of anilines is 3. The molecular formula is C25H27N3O2. The van der Waals surface area contributed by atoms with Gasteiger partial charge in [-0.2, -0.15) is 0 Å². The maximum Gasteiger partial charge on any atom is 0.340 e. The first-order valence-corrected chi connectivity index (χ1v) is 10.3. The molecule has 0 bridgehead atoms. The summed E-state index contributed by atoms with van der Waals surface area (Å²) in [5, 5.41) is 3.53. The van der Waals surface area contributed by atoms with Gasteiger partial charge in [0.25, 0.3) is 0 Å². The van der Waals surface area contributed by atoms with Crippen molar-refractivity contribution < 1.29 is 9.53 Å². The summed E-state index contributed by atoms with van der Waals surface area (Å²) in [6, 6.07) is 17.1. The van der Waals surface area contributed by atoms with Crippen molar-refractivity contribution in [2.24, 2.45) is 0 Å². The number of methoxy groups -OCH3 is 1. The van der Waals surface area contributed by atoms with Gasteiger partial charge in [0, 0.05) is 24.6 Å². The summed E-state index contributed by atoms with van der Waals surface area (Å²) in [5.74, 6) is -0.356. The van der Waals surface area contributed by atoms with Gasteiger partial charge in [-0.15, -0.1) is 0 Å². The molecule has 2 aromatic carbocycles. The number of aryl methyl sites for hydroxylation is 2. The quantitative estimate of drug-likeness (QED) is 0.578. The molecule has 154 valence electrons. The van der Waals surface area contributed by atoms with Crippen molar-refractivity contribution in [3.63, 3.8) is 0 Å². The van der Waals surface area contributed by atoms with E-state index in [0.717, 1.165) is 19.3 Å². The molecule has 0 radical (unpaired) electrons. The Morgan fingerprint density at radius 1 is 1.13 bits per heavy atom. The van der Waals surface area contributed by atoms with E-state index in [2.05, 4.69) is 71.6 Å². The molecule has 0 fully saturated rings. The highest BCUT2D eigenvalue weighted by Gasteiger charge is 2.23. The van der Waals surface area contributed by atoms with E-state index in [4.69, 9.17) is 4.74 Å². The maximum atomic E-state index is 12.1. The molecule has 1 N–H and O–H groups in total. The molecule has 1 heterocycles. The molecule has 0 saturated heterocycles. The van der Waals surface area contributed by atoms with Crippen LogP contribution in [-0.2, 0) is 11.2 Å². The van der Waals surface area contributed by atoms with Crippen molar-refractivity contribution in [2.75, 3.05) is 24.4 Å². The van der Waals surface area contributed by atoms with Crippen LogP contribution in [-0.4, -0.2) is 25.1 Å². The summed E-state index contributed by atoms with van der Waals surface area (Å²) in [6.45, 7) is 2.10. The topological polar surface area (TPSA) is 54.5 Å². The predicted octanol–water partition coefficient (Wildman–Crippen LogP) is 5.43. The Bertz CT molecular complexity index is 1050. The van der Waals surface area contributed by atoms with Crippen molar-refractivity contribution in [3.05, 3.63) is 83.2 Å². The normalized spacial score (nSPS) is 15.2. The lowest BCUT2D eigenvalue weighted by Gasteiger charge is -2.29. The Balaban J connectivity index is 1.60. The van der Waals surface area contributed by atoms with Gasteiger partial charge in [-0.3, -0.25) is 4.98 Å². The molecule has 5 nitrogen and oxygen atoms in total. The first-order chi connectivity index (χ1) is 14.6. The lowest BCUT2D eigenvalue weighted by atomic mass is 9.87. The van der Waals surface area contributed by atoms with Gasteiger partial charge in [-0.25, -0.2) is 4.79 Å². The number of nitrogens with zero attached hydrogens (tertiary/aromatic N) is 2. The first kappa shape index (κ1) is 20.0. The van der Waals surface area contributed by atoms with E-state index in [9.17, 15) is 4.79 Å². The molecular weight excluding hydrogens is 374 g/mol. The number of benzene rings is 2. The van der Waals surface area contributed by atoms with E-state index < -0.39 is 0 Å². The van der Waals surface area contributed by atoms with E-state index in [1.54, 1.807) is 18.5 Å². The standard InChI is InChI=1S/C25H27N3O2/c1-17-7-9-19(10-8-17)28(2)20-11-12-21-18(15-20)5-4-6-23(21)27-24-16-26-14-13-22(24)25(29)30-3/h7-16,23,27H,4-6H2,1-3H3/t23-/m1/s1. The van der Waals surface area contributed by atoms with E-state index in [-0.39, 0.29) is 12.0 Å². The highest BCUT2D eigenvalue weighted by atomic mass is 16.5. The van der Waals surface area contributed by atoms with E-state index in [0.29, 0.717) is 11.3 Å². The molecule has 0 unspecified atom stereocenters. The van der Waals surface area contributed by atoms with Gasteiger partial charge in [-0.05, 0) is 67.6 Å². The van der Waals surface area contributed by atoms with Gasteiger partial charge in [0.05, 0.1) is 30.6 Å². The monoisotopic (exact) mass is 401 g/mol. The maximum absolute atomic E-state index is 12.1. The number of hydrogen-bond acceptors (Lipinski definition) is 5. The number of ether oxygens (including phenoxy) is 1. The van der Waals surface area contributed by atoms with Crippen LogP contribution in [0.5, 0.6) is 0 Å². The van der Waals surface area contributed by atoms with Crippen molar-refractivity contribution in [1.29, 1.82) is 0 Å². The Morgan fingerprint density at radius 3 is 2.67 bits per heavy atom. The third kappa shape index (κ3) is 4.01. The second-order valence-electron chi connectivity index (χ2n) is 7.78.